The van der Waals surface area contributed by atoms with Gasteiger partial charge in [0.15, 0.2) is 17.7 Å². The van der Waals surface area contributed by atoms with Gasteiger partial charge in [0.05, 0.1) is 5.41 Å². The summed E-state index contributed by atoms with van der Waals surface area (Å²) in [5, 5.41) is 22.8. The van der Waals surface area contributed by atoms with Crippen LogP contribution in [0.25, 0.3) is 0 Å². The van der Waals surface area contributed by atoms with Crippen molar-refractivity contribution >= 4 is 11.9 Å². The standard InChI is InChI=1S/C27H34O9/c1-13(2)25-9-7-23(5)26(35-25)12-16-18(34-24(26,6)8-10-27(23,31)36-25)11-17(29)20-19(16)21(33-15(4)28)14(3)32-22(20)30/h11,13-14,21,29,31H,7-10,12H2,1-6H3/t14-,21+,23-,24-,25-,26+,27+/m1/s1. The van der Waals surface area contributed by atoms with Gasteiger partial charge in [0, 0.05) is 49.3 Å². The Bertz CT molecular complexity index is 1190. The fraction of sp³-hybridized carbons (Fsp3) is 0.704. The zero-order valence-electron chi connectivity index (χ0n) is 21.6. The molecule has 7 rings (SSSR count). The maximum absolute atomic E-state index is 12.9. The molecule has 5 aliphatic heterocycles. The number of phenolic OH excluding ortho intramolecular Hbond substituents is 1. The molecule has 5 heterocycles. The van der Waals surface area contributed by atoms with E-state index in [9.17, 15) is 19.8 Å². The van der Waals surface area contributed by atoms with Gasteiger partial charge in [0.2, 0.25) is 0 Å². The first-order valence-electron chi connectivity index (χ1n) is 12.8. The van der Waals surface area contributed by atoms with Crippen LogP contribution >= 0.6 is 0 Å². The van der Waals surface area contributed by atoms with Gasteiger partial charge < -0.3 is 33.9 Å². The molecule has 9 nitrogen and oxygen atoms in total. The van der Waals surface area contributed by atoms with Crippen molar-refractivity contribution in [2.24, 2.45) is 11.3 Å². The molecule has 1 aromatic carbocycles. The predicted molar refractivity (Wildman–Crippen MR) is 124 cm³/mol. The van der Waals surface area contributed by atoms with Crippen LogP contribution in [-0.4, -0.2) is 51.0 Å². The highest BCUT2D eigenvalue weighted by Gasteiger charge is 2.81. The molecule has 7 atom stereocenters. The Balaban J connectivity index is 1.61. The minimum Gasteiger partial charge on any atom is -0.507 e. The molecule has 36 heavy (non-hydrogen) atoms. The van der Waals surface area contributed by atoms with E-state index in [-0.39, 0.29) is 23.7 Å². The summed E-state index contributed by atoms with van der Waals surface area (Å²) in [5.74, 6) is -3.54. The molecule has 3 saturated heterocycles. The number of hydrogen-bond donors (Lipinski definition) is 2. The van der Waals surface area contributed by atoms with Crippen LogP contribution in [0, 0.1) is 11.3 Å². The highest BCUT2D eigenvalue weighted by Crippen LogP contribution is 2.72. The fourth-order valence-corrected chi connectivity index (χ4v) is 7.63. The minimum atomic E-state index is -1.41. The second-order valence-corrected chi connectivity index (χ2v) is 11.9. The van der Waals surface area contributed by atoms with Gasteiger partial charge in [-0.2, -0.15) is 0 Å². The summed E-state index contributed by atoms with van der Waals surface area (Å²) in [5.41, 5.74) is -1.70. The second-order valence-electron chi connectivity index (χ2n) is 11.9. The summed E-state index contributed by atoms with van der Waals surface area (Å²) < 4.78 is 31.2. The number of rotatable bonds is 2. The molecule has 9 heteroatoms. The monoisotopic (exact) mass is 502 g/mol. The molecular formula is C27H34O9. The van der Waals surface area contributed by atoms with Crippen LogP contribution in [0.1, 0.15) is 94.8 Å². The van der Waals surface area contributed by atoms with Crippen molar-refractivity contribution in [1.82, 2.24) is 0 Å². The Hall–Kier alpha value is -2.36. The van der Waals surface area contributed by atoms with Crippen molar-refractivity contribution in [3.63, 3.8) is 0 Å². The van der Waals surface area contributed by atoms with Crippen LogP contribution < -0.4 is 4.74 Å². The summed E-state index contributed by atoms with van der Waals surface area (Å²) in [6.07, 6.45) is 0.756. The quantitative estimate of drug-likeness (QED) is 0.584. The molecule has 4 fully saturated rings. The van der Waals surface area contributed by atoms with Gasteiger partial charge in [-0.25, -0.2) is 4.79 Å². The van der Waals surface area contributed by atoms with E-state index in [0.29, 0.717) is 42.6 Å². The van der Waals surface area contributed by atoms with Crippen LogP contribution in [-0.2, 0) is 30.2 Å². The van der Waals surface area contributed by atoms with Crippen molar-refractivity contribution in [3.05, 3.63) is 22.8 Å². The maximum Gasteiger partial charge on any atom is 0.342 e. The SMILES string of the molecule is CC(=O)O[C@@H]1c2c3c(cc(O)c2C(=O)O[C@@H]1C)O[C@]1(C)CC[C@]2(O)O[C@@]4(C(C)C)CC[C@]2(C)[C@]1(C3)O4. The fourth-order valence-electron chi connectivity index (χ4n) is 7.63. The topological polar surface area (TPSA) is 121 Å². The van der Waals surface area contributed by atoms with E-state index in [4.69, 9.17) is 23.7 Å². The average Bonchev–Trinajstić information content (AvgIpc) is 2.77. The zero-order valence-corrected chi connectivity index (χ0v) is 21.6. The summed E-state index contributed by atoms with van der Waals surface area (Å²) in [6, 6.07) is 1.44. The van der Waals surface area contributed by atoms with E-state index in [1.807, 2.05) is 27.7 Å². The molecule has 1 aliphatic carbocycles. The largest absolute Gasteiger partial charge is 0.507 e. The number of benzene rings is 1. The molecule has 1 spiro atoms. The second kappa shape index (κ2) is 6.94. The summed E-state index contributed by atoms with van der Waals surface area (Å²) in [6.45, 7) is 11.0. The zero-order chi connectivity index (χ0) is 26.1. The summed E-state index contributed by atoms with van der Waals surface area (Å²) in [7, 11) is 0. The lowest BCUT2D eigenvalue weighted by Gasteiger charge is -2.75. The molecule has 196 valence electrons. The van der Waals surface area contributed by atoms with Crippen LogP contribution in [0.5, 0.6) is 11.5 Å². The number of aromatic hydroxyl groups is 1. The number of hydrogen-bond acceptors (Lipinski definition) is 9. The van der Waals surface area contributed by atoms with E-state index in [0.717, 1.165) is 0 Å². The van der Waals surface area contributed by atoms with Gasteiger partial charge in [0.25, 0.3) is 0 Å². The number of esters is 2. The number of fused-ring (bicyclic) bond motifs is 4. The Morgan fingerprint density at radius 1 is 1.17 bits per heavy atom. The van der Waals surface area contributed by atoms with Gasteiger partial charge in [0.1, 0.15) is 34.4 Å². The Kier molecular flexibility index (Phi) is 4.62. The first-order valence-corrected chi connectivity index (χ1v) is 12.8. The molecule has 0 aromatic heterocycles. The summed E-state index contributed by atoms with van der Waals surface area (Å²) >= 11 is 0. The van der Waals surface area contributed by atoms with Gasteiger partial charge in [-0.05, 0) is 26.7 Å². The molecule has 1 aromatic rings. The van der Waals surface area contributed by atoms with Crippen molar-refractivity contribution < 1.29 is 43.5 Å². The van der Waals surface area contributed by atoms with Gasteiger partial charge in [-0.3, -0.25) is 4.79 Å². The molecule has 6 aliphatic rings. The number of aliphatic hydroxyl groups is 1. The lowest BCUT2D eigenvalue weighted by atomic mass is 9.47. The van der Waals surface area contributed by atoms with Crippen LogP contribution in [0.4, 0.5) is 0 Å². The summed E-state index contributed by atoms with van der Waals surface area (Å²) in [4.78, 5) is 25.0. The number of phenols is 1. The smallest absolute Gasteiger partial charge is 0.342 e. The van der Waals surface area contributed by atoms with Crippen LogP contribution in [0.15, 0.2) is 6.07 Å². The highest BCUT2D eigenvalue weighted by molar-refractivity contribution is 5.96. The number of cyclic esters (lactones) is 1. The Labute approximate surface area is 210 Å². The normalized spacial score (nSPS) is 44.2. The third-order valence-corrected chi connectivity index (χ3v) is 9.77. The molecular weight excluding hydrogens is 468 g/mol. The van der Waals surface area contributed by atoms with Gasteiger partial charge >= 0.3 is 11.9 Å². The highest BCUT2D eigenvalue weighted by atomic mass is 16.8. The van der Waals surface area contributed by atoms with Crippen LogP contribution in [0.2, 0.25) is 0 Å². The lowest BCUT2D eigenvalue weighted by molar-refractivity contribution is -0.543. The molecule has 2 N–H and O–H groups in total. The van der Waals surface area contributed by atoms with Crippen LogP contribution in [0.3, 0.4) is 0 Å². The third kappa shape index (κ3) is 2.61. The first-order chi connectivity index (χ1) is 16.7. The predicted octanol–water partition coefficient (Wildman–Crippen LogP) is 3.67. The van der Waals surface area contributed by atoms with E-state index in [1.54, 1.807) is 6.92 Å². The van der Waals surface area contributed by atoms with E-state index >= 15 is 0 Å². The van der Waals surface area contributed by atoms with Crippen molar-refractivity contribution in [2.75, 3.05) is 0 Å². The van der Waals surface area contributed by atoms with Crippen molar-refractivity contribution in [2.45, 2.75) is 109 Å². The van der Waals surface area contributed by atoms with Gasteiger partial charge in [-0.15, -0.1) is 0 Å². The van der Waals surface area contributed by atoms with Crippen molar-refractivity contribution in [1.29, 1.82) is 0 Å². The van der Waals surface area contributed by atoms with Crippen molar-refractivity contribution in [3.8, 4) is 11.5 Å². The Morgan fingerprint density at radius 2 is 1.89 bits per heavy atom. The first kappa shape index (κ1) is 24.0. The molecule has 0 amide bonds. The Morgan fingerprint density at radius 3 is 2.56 bits per heavy atom. The lowest BCUT2D eigenvalue weighted by Crippen LogP contribution is -2.86. The number of carbonyl (C=O) groups is 2. The average molecular weight is 503 g/mol. The van der Waals surface area contributed by atoms with E-state index < -0.39 is 52.3 Å². The molecule has 4 bridgehead atoms. The minimum absolute atomic E-state index is 0.0336. The molecule has 0 radical (unpaired) electrons. The maximum atomic E-state index is 12.9. The van der Waals surface area contributed by atoms with E-state index in [1.165, 1.54) is 13.0 Å². The van der Waals surface area contributed by atoms with Gasteiger partial charge in [-0.1, -0.05) is 20.8 Å². The number of carbonyl (C=O) groups excluding carboxylic acids is 2. The number of ether oxygens (including phenoxy) is 5. The molecule has 1 saturated carbocycles. The van der Waals surface area contributed by atoms with E-state index in [2.05, 4.69) is 0 Å². The molecule has 0 unspecified atom stereocenters. The third-order valence-electron chi connectivity index (χ3n) is 9.77.